The number of unbranched alkanes of at least 4 members (excludes halogenated alkanes) is 1. The number of hydrogen-bond donors (Lipinski definition) is 17. The van der Waals surface area contributed by atoms with E-state index in [0.717, 1.165) is 48.4 Å². The molecule has 1 aromatic heterocycles. The Bertz CT molecular complexity index is 5120. The number of hydrogen-bond acceptors (Lipinski definition) is 22. The summed E-state index contributed by atoms with van der Waals surface area (Å²) >= 11 is 0.749. The molecule has 0 saturated carbocycles. The third-order valence-corrected chi connectivity index (χ3v) is 24.6. The van der Waals surface area contributed by atoms with Crippen molar-refractivity contribution in [1.82, 2.24) is 82.7 Å². The van der Waals surface area contributed by atoms with Crippen LogP contribution in [0.1, 0.15) is 106 Å². The number of aromatic amines is 1. The molecule has 5 aromatic carbocycles. The number of carbonyl (C=O) groups excluding carboxylic acids is 15. The molecule has 0 bridgehead atoms. The van der Waals surface area contributed by atoms with E-state index < -0.39 is 247 Å². The number of benzene rings is 5. The zero-order valence-electron chi connectivity index (χ0n) is 74.9. The summed E-state index contributed by atoms with van der Waals surface area (Å²) < 4.78 is 14.6. The maximum atomic E-state index is 15.7. The van der Waals surface area contributed by atoms with Gasteiger partial charge in [0.1, 0.15) is 90.1 Å². The molecule has 4 heterocycles. The van der Waals surface area contributed by atoms with Crippen LogP contribution in [-0.4, -0.2) is 307 Å². The third kappa shape index (κ3) is 29.5. The van der Waals surface area contributed by atoms with Crippen LogP contribution in [0.2, 0.25) is 0 Å². The lowest BCUT2D eigenvalue weighted by atomic mass is 9.98. The Morgan fingerprint density at radius 3 is 1.71 bits per heavy atom. The summed E-state index contributed by atoms with van der Waals surface area (Å²) in [6.07, 6.45) is -3.83. The summed E-state index contributed by atoms with van der Waals surface area (Å²) in [5.74, 6) is -20.7. The Kier molecular flexibility index (Phi) is 38.6. The molecule has 3 aliphatic heterocycles. The average molecular weight is 1860 g/mol. The van der Waals surface area contributed by atoms with Gasteiger partial charge in [0.25, 0.3) is 0 Å². The van der Waals surface area contributed by atoms with Crippen LogP contribution >= 0.6 is 11.8 Å². The fourth-order valence-electron chi connectivity index (χ4n) is 16.1. The van der Waals surface area contributed by atoms with Crippen molar-refractivity contribution in [3.63, 3.8) is 0 Å². The van der Waals surface area contributed by atoms with E-state index in [0.29, 0.717) is 45.1 Å². The van der Waals surface area contributed by atoms with Crippen molar-refractivity contribution in [2.75, 3.05) is 71.9 Å². The number of nitrogens with two attached hydrogens (primary N) is 2. The number of para-hydroxylation sites is 1. The van der Waals surface area contributed by atoms with Crippen LogP contribution in [0.25, 0.3) is 10.9 Å². The Labute approximate surface area is 772 Å². The second kappa shape index (κ2) is 49.7. The second-order valence-corrected chi connectivity index (χ2v) is 34.7. The number of aliphatic carboxylic acids is 2. The molecule has 19 N–H and O–H groups in total. The van der Waals surface area contributed by atoms with Crippen LogP contribution in [0, 0.1) is 11.7 Å². The third-order valence-electron chi connectivity index (χ3n) is 23.5. The number of carbonyl (C=O) groups is 17. The first-order valence-electron chi connectivity index (χ1n) is 44.1. The fraction of sp³-hybridized carbons (Fsp3) is 0.467. The molecule has 39 nitrogen and oxygen atoms in total. The molecule has 15 amide bonds. The molecule has 0 spiro atoms. The van der Waals surface area contributed by atoms with Crippen molar-refractivity contribution in [3.8, 4) is 5.75 Å². The predicted molar refractivity (Wildman–Crippen MR) is 485 cm³/mol. The summed E-state index contributed by atoms with van der Waals surface area (Å²) in [7, 11) is 3.80. The van der Waals surface area contributed by atoms with Gasteiger partial charge in [0.2, 0.25) is 88.6 Å². The number of piperazine rings is 1. The zero-order valence-corrected chi connectivity index (χ0v) is 75.7. The molecule has 0 unspecified atom stereocenters. The van der Waals surface area contributed by atoms with Gasteiger partial charge < -0.3 is 115 Å². The normalized spacial score (nSPS) is 24.2. The van der Waals surface area contributed by atoms with Gasteiger partial charge in [0.15, 0.2) is 0 Å². The van der Waals surface area contributed by atoms with Gasteiger partial charge in [-0.25, -0.2) is 4.39 Å². The molecule has 0 radical (unpaired) electrons. The number of aromatic nitrogens is 1. The van der Waals surface area contributed by atoms with Crippen molar-refractivity contribution in [3.05, 3.63) is 173 Å². The van der Waals surface area contributed by atoms with Crippen molar-refractivity contribution in [2.45, 2.75) is 195 Å². The van der Waals surface area contributed by atoms with Crippen molar-refractivity contribution < 1.29 is 106 Å². The number of carboxylic acids is 2. The number of rotatable bonds is 25. The van der Waals surface area contributed by atoms with E-state index in [1.54, 1.807) is 98.0 Å². The molecule has 9 rings (SSSR count). The van der Waals surface area contributed by atoms with E-state index in [4.69, 9.17) is 11.5 Å². The minimum absolute atomic E-state index is 0.0321. The number of H-pyrrole nitrogens is 1. The van der Waals surface area contributed by atoms with E-state index in [2.05, 4.69) is 58.2 Å². The highest BCUT2D eigenvalue weighted by atomic mass is 32.2. The molecular formula is C92H119FN18O21S. The van der Waals surface area contributed by atoms with Crippen LogP contribution in [0.15, 0.2) is 140 Å². The van der Waals surface area contributed by atoms with Gasteiger partial charge in [-0.15, -0.1) is 11.8 Å². The average Bonchev–Trinajstić information content (AvgIpc) is 1.72. The van der Waals surface area contributed by atoms with Gasteiger partial charge in [0.05, 0.1) is 24.8 Å². The van der Waals surface area contributed by atoms with Gasteiger partial charge in [-0.3, -0.25) is 81.5 Å². The monoisotopic (exact) mass is 1860 g/mol. The number of amides is 15. The van der Waals surface area contributed by atoms with Crippen LogP contribution < -0.4 is 64.6 Å². The molecule has 3 saturated heterocycles. The van der Waals surface area contributed by atoms with Gasteiger partial charge in [-0.05, 0) is 96.3 Å². The van der Waals surface area contributed by atoms with Crippen LogP contribution in [0.3, 0.4) is 0 Å². The summed E-state index contributed by atoms with van der Waals surface area (Å²) in [5.41, 5.74) is 14.2. The lowest BCUT2D eigenvalue weighted by Gasteiger charge is -2.38. The molecule has 6 aromatic rings. The minimum atomic E-state index is -2.03. The number of thioether (sulfide) groups is 1. The molecule has 41 heteroatoms. The Hall–Kier alpha value is -13.4. The maximum absolute atomic E-state index is 15.7. The van der Waals surface area contributed by atoms with Gasteiger partial charge in [-0.2, -0.15) is 0 Å². The molecule has 3 fully saturated rings. The van der Waals surface area contributed by atoms with E-state index in [9.17, 15) is 63.2 Å². The van der Waals surface area contributed by atoms with Crippen LogP contribution in [-0.2, 0) is 114 Å². The van der Waals surface area contributed by atoms with E-state index in [1.165, 1.54) is 71.4 Å². The summed E-state index contributed by atoms with van der Waals surface area (Å²) in [6.45, 7) is 2.98. The lowest BCUT2D eigenvalue weighted by molar-refractivity contribution is -0.152. The Morgan fingerprint density at radius 1 is 0.534 bits per heavy atom. The number of primary amides is 1. The summed E-state index contributed by atoms with van der Waals surface area (Å²) in [5, 5.41) is 69.6. The molecule has 3 aliphatic rings. The first-order valence-corrected chi connectivity index (χ1v) is 45.2. The Morgan fingerprint density at radius 2 is 1.08 bits per heavy atom. The smallest absolute Gasteiger partial charge is 0.305 e. The lowest BCUT2D eigenvalue weighted by Crippen LogP contribution is -2.65. The first kappa shape index (κ1) is 103. The number of phenols is 1. The minimum Gasteiger partial charge on any atom is -0.508 e. The number of carboxylic acid groups (broad SMARTS) is 2. The molecular weight excluding hydrogens is 1740 g/mol. The highest BCUT2D eigenvalue weighted by Crippen LogP contribution is 2.28. The van der Waals surface area contributed by atoms with Gasteiger partial charge >= 0.3 is 11.9 Å². The fourth-order valence-corrected chi connectivity index (χ4v) is 17.0. The number of nitrogens with zero attached hydrogens (tertiary/aromatic N) is 5. The van der Waals surface area contributed by atoms with Gasteiger partial charge in [0, 0.05) is 115 Å². The van der Waals surface area contributed by atoms with E-state index >= 15 is 43.2 Å². The number of phenolic OH excluding ortho intramolecular Hbond substituents is 1. The second-order valence-electron chi connectivity index (χ2n) is 33.7. The standard InChI is InChI=1S/C92H119FN18O21S/c1-7-8-25-70-91(131)111-49-60(113)44-72(111)86(126)104-67(45-78(118)119)84(124)106-79(52(2)3)92(132)108(5)71(41-53-18-11-9-12-19-53)85(125)101-64(34-35-77(116)117)89(129)110-38-37-96-47-74(110)87(127)103-66(43-57-46-97-62-23-16-15-22-61(57)62)83(123)102-65(39-56-28-32-59(112)33-29-56)82(122)100-63(24-17-36-94)81(121)105-69(80(120)98-48-75(95)114)50-133-51-76(115)99-68(40-55-26-30-58(93)31-27-55)88(128)109(6)73(90(130)107(70)4)42-54-20-13-10-14-21-54/h9-16,18-23,26-33,46,52,60,63-74,79,96-97,112-113H,7-8,17,24-25,34-45,47-51,94H2,1-6H3,(H2,95,114)(H,98,120)(H,99,115)(H,100,122)(H,101,125)(H,102,123)(H,103,127)(H,104,126)(H,105,121)(H,106,124)(H,116,117)(H,118,119)/t60-,63+,64+,65+,66+,67+,68+,69+,70+,71+,72-,73+,74-,79+/m1/s1. The molecule has 0 aliphatic carbocycles. The maximum Gasteiger partial charge on any atom is 0.305 e. The number of aliphatic hydroxyl groups is 1. The van der Waals surface area contributed by atoms with Crippen molar-refractivity contribution >= 4 is 123 Å². The Balaban J connectivity index is 1.14. The number of nitrogens with one attached hydrogen (secondary N) is 11. The van der Waals surface area contributed by atoms with Crippen LogP contribution in [0.5, 0.6) is 5.75 Å². The highest BCUT2D eigenvalue weighted by molar-refractivity contribution is 8.00. The molecule has 716 valence electrons. The first-order chi connectivity index (χ1) is 63.4. The summed E-state index contributed by atoms with van der Waals surface area (Å²) in [6, 6.07) is 12.7. The number of aromatic hydroxyl groups is 1. The quantitative estimate of drug-likeness (QED) is 0.0324. The molecule has 133 heavy (non-hydrogen) atoms. The van der Waals surface area contributed by atoms with E-state index in [-0.39, 0.29) is 89.7 Å². The molecule has 14 atom stereocenters. The number of likely N-dealkylation sites (N-methyl/N-ethyl adjacent to an activating group) is 3. The topological polar surface area (TPSA) is 575 Å². The van der Waals surface area contributed by atoms with Crippen LogP contribution in [0.4, 0.5) is 4.39 Å². The zero-order chi connectivity index (χ0) is 96.9. The summed E-state index contributed by atoms with van der Waals surface area (Å²) in [4.78, 5) is 259. The predicted octanol–water partition coefficient (Wildman–Crippen LogP) is -1.08. The SMILES string of the molecule is CCCC[C@H]1C(=O)N2C[C@H](O)C[C@@H]2C(=O)N[C@@H](CC(=O)O)C(=O)N[C@@H](C(C)C)C(=O)N(C)[C@@H](Cc2ccccc2)C(=O)N[C@@H](CCC(=O)O)C(=O)N2CCNC[C@@H]2C(=O)N[C@@H](Cc2c[nH]c3ccccc23)C(=O)N[C@@H](Cc2ccc(O)cc2)C(=O)N[C@@H](CCCN)C(=O)N[C@H](C(=O)NCC(N)=O)CSCC(=O)N[C@@H](Cc2ccc(F)cc2)C(=O)N(C)[C@@H](Cc2ccccc2)C(=O)N1C. The van der Waals surface area contributed by atoms with Crippen molar-refractivity contribution in [2.24, 2.45) is 17.4 Å². The van der Waals surface area contributed by atoms with E-state index in [1.807, 2.05) is 0 Å². The highest BCUT2D eigenvalue weighted by Gasteiger charge is 2.48. The number of aliphatic hydroxyl groups excluding tert-OH is 1. The number of fused-ring (bicyclic) bond motifs is 3. The largest absolute Gasteiger partial charge is 0.508 e. The number of halogens is 1. The van der Waals surface area contributed by atoms with Gasteiger partial charge in [-0.1, -0.05) is 137 Å². The van der Waals surface area contributed by atoms with Crippen molar-refractivity contribution in [1.29, 1.82) is 0 Å².